The zero-order chi connectivity index (χ0) is 19.6. The van der Waals surface area contributed by atoms with Crippen molar-refractivity contribution >= 4 is 17.3 Å². The number of aldehydes is 1. The lowest BCUT2D eigenvalue weighted by atomic mass is 10.0. The Balaban J connectivity index is 1.62. The molecule has 0 aliphatic heterocycles. The molecule has 0 radical (unpaired) electrons. The first-order valence-electron chi connectivity index (χ1n) is 9.52. The monoisotopic (exact) mass is 374 g/mol. The zero-order valence-electron chi connectivity index (χ0n) is 15.7. The molecule has 0 fully saturated rings. The molecular formula is C26H18N2O. The number of hydrogen-bond donors (Lipinski definition) is 0. The van der Waals surface area contributed by atoms with Gasteiger partial charge in [0.2, 0.25) is 0 Å². The van der Waals surface area contributed by atoms with E-state index in [-0.39, 0.29) is 0 Å². The van der Waals surface area contributed by atoms with Gasteiger partial charge in [0, 0.05) is 16.8 Å². The third-order valence-electron chi connectivity index (χ3n) is 5.10. The van der Waals surface area contributed by atoms with E-state index in [2.05, 4.69) is 47.0 Å². The number of para-hydroxylation sites is 2. The number of aromatic nitrogens is 2. The molecule has 0 aliphatic carbocycles. The van der Waals surface area contributed by atoms with Gasteiger partial charge in [-0.1, -0.05) is 78.9 Å². The van der Waals surface area contributed by atoms with E-state index in [9.17, 15) is 4.79 Å². The van der Waals surface area contributed by atoms with E-state index >= 15 is 0 Å². The Bertz CT molecular complexity index is 1280. The van der Waals surface area contributed by atoms with Crippen molar-refractivity contribution in [3.63, 3.8) is 0 Å². The molecule has 0 bridgehead atoms. The molecule has 0 saturated heterocycles. The van der Waals surface area contributed by atoms with Gasteiger partial charge in [0.15, 0.2) is 0 Å². The van der Waals surface area contributed by atoms with E-state index in [1.807, 2.05) is 60.7 Å². The van der Waals surface area contributed by atoms with Crippen molar-refractivity contribution in [2.24, 2.45) is 0 Å². The summed E-state index contributed by atoms with van der Waals surface area (Å²) in [6, 6.07) is 34.5. The van der Waals surface area contributed by atoms with Gasteiger partial charge in [-0.25, -0.2) is 4.98 Å². The van der Waals surface area contributed by atoms with Crippen LogP contribution in [0.1, 0.15) is 10.4 Å². The number of carbonyl (C=O) groups is 1. The van der Waals surface area contributed by atoms with Crippen molar-refractivity contribution in [3.8, 4) is 28.2 Å². The summed E-state index contributed by atoms with van der Waals surface area (Å²) in [5, 5.41) is 0. The van der Waals surface area contributed by atoms with Gasteiger partial charge in [0.1, 0.15) is 12.1 Å². The molecule has 0 amide bonds. The summed E-state index contributed by atoms with van der Waals surface area (Å²) in [5.41, 5.74) is 7.07. The standard InChI is InChI=1S/C26H18N2O/c29-18-19-10-12-20(13-11-19)21-14-16-23(17-15-21)28-25-9-5-4-8-24(25)27-26(28)22-6-2-1-3-7-22/h1-18H. The second-order valence-electron chi connectivity index (χ2n) is 6.91. The first kappa shape index (κ1) is 17.1. The highest BCUT2D eigenvalue weighted by Crippen LogP contribution is 2.29. The fraction of sp³-hybridized carbons (Fsp3) is 0. The average molecular weight is 374 g/mol. The van der Waals surface area contributed by atoms with Crippen LogP contribution in [-0.4, -0.2) is 15.8 Å². The Morgan fingerprint density at radius 3 is 1.93 bits per heavy atom. The summed E-state index contributed by atoms with van der Waals surface area (Å²) in [5.74, 6) is 0.926. The Kier molecular flexibility index (Phi) is 4.26. The lowest BCUT2D eigenvalue weighted by Crippen LogP contribution is -1.97. The maximum Gasteiger partial charge on any atom is 0.150 e. The molecule has 4 aromatic carbocycles. The maximum absolute atomic E-state index is 10.9. The number of rotatable bonds is 4. The van der Waals surface area contributed by atoms with Crippen molar-refractivity contribution in [1.82, 2.24) is 9.55 Å². The van der Waals surface area contributed by atoms with Gasteiger partial charge < -0.3 is 0 Å². The second-order valence-corrected chi connectivity index (χ2v) is 6.91. The van der Waals surface area contributed by atoms with Crippen LogP contribution < -0.4 is 0 Å². The molecule has 0 saturated carbocycles. The summed E-state index contributed by atoms with van der Waals surface area (Å²) in [6.45, 7) is 0. The van der Waals surface area contributed by atoms with Crippen LogP contribution in [0.15, 0.2) is 103 Å². The van der Waals surface area contributed by atoms with Crippen LogP contribution in [0, 0.1) is 0 Å². The Hall–Kier alpha value is -3.98. The molecule has 0 spiro atoms. The zero-order valence-corrected chi connectivity index (χ0v) is 15.7. The number of benzene rings is 4. The number of hydrogen-bond acceptors (Lipinski definition) is 2. The molecule has 1 aromatic heterocycles. The highest BCUT2D eigenvalue weighted by atomic mass is 16.1. The number of nitrogens with zero attached hydrogens (tertiary/aromatic N) is 2. The highest BCUT2D eigenvalue weighted by Gasteiger charge is 2.13. The fourth-order valence-electron chi connectivity index (χ4n) is 3.63. The Labute approximate surface area is 168 Å². The summed E-state index contributed by atoms with van der Waals surface area (Å²) in [6.07, 6.45) is 0.863. The van der Waals surface area contributed by atoms with Crippen molar-refractivity contribution in [2.75, 3.05) is 0 Å². The number of imidazole rings is 1. The molecule has 138 valence electrons. The normalized spacial score (nSPS) is 10.9. The molecule has 5 rings (SSSR count). The molecule has 0 unspecified atom stereocenters. The molecule has 0 N–H and O–H groups in total. The van der Waals surface area contributed by atoms with Crippen LogP contribution >= 0.6 is 0 Å². The first-order valence-corrected chi connectivity index (χ1v) is 9.52. The summed E-state index contributed by atoms with van der Waals surface area (Å²) in [7, 11) is 0. The van der Waals surface area contributed by atoms with Crippen LogP contribution in [0.5, 0.6) is 0 Å². The minimum absolute atomic E-state index is 0.683. The Morgan fingerprint density at radius 1 is 0.621 bits per heavy atom. The van der Waals surface area contributed by atoms with E-state index < -0.39 is 0 Å². The Morgan fingerprint density at radius 2 is 1.24 bits per heavy atom. The van der Waals surface area contributed by atoms with Gasteiger partial charge in [0.05, 0.1) is 11.0 Å². The van der Waals surface area contributed by atoms with Crippen LogP contribution in [-0.2, 0) is 0 Å². The SMILES string of the molecule is O=Cc1ccc(-c2ccc(-n3c(-c4ccccc4)nc4ccccc43)cc2)cc1. The van der Waals surface area contributed by atoms with Gasteiger partial charge in [-0.2, -0.15) is 0 Å². The molecule has 0 atom stereocenters. The van der Waals surface area contributed by atoms with Gasteiger partial charge in [-0.15, -0.1) is 0 Å². The average Bonchev–Trinajstić information content (AvgIpc) is 3.19. The second kappa shape index (κ2) is 7.21. The molecule has 1 heterocycles. The number of fused-ring (bicyclic) bond motifs is 1. The predicted molar refractivity (Wildman–Crippen MR) is 117 cm³/mol. The van der Waals surface area contributed by atoms with E-state index in [1.165, 1.54) is 0 Å². The highest BCUT2D eigenvalue weighted by molar-refractivity contribution is 5.83. The topological polar surface area (TPSA) is 34.9 Å². The van der Waals surface area contributed by atoms with E-state index in [0.717, 1.165) is 45.5 Å². The summed E-state index contributed by atoms with van der Waals surface area (Å²) in [4.78, 5) is 15.8. The quantitative estimate of drug-likeness (QED) is 0.353. The third kappa shape index (κ3) is 3.13. The first-order chi connectivity index (χ1) is 14.3. The lowest BCUT2D eigenvalue weighted by Gasteiger charge is -2.11. The maximum atomic E-state index is 10.9. The summed E-state index contributed by atoms with van der Waals surface area (Å²) >= 11 is 0. The van der Waals surface area contributed by atoms with E-state index in [1.54, 1.807) is 0 Å². The predicted octanol–water partition coefficient (Wildman–Crippen LogP) is 6.17. The molecule has 3 nitrogen and oxygen atoms in total. The van der Waals surface area contributed by atoms with Crippen molar-refractivity contribution in [1.29, 1.82) is 0 Å². The minimum Gasteiger partial charge on any atom is -0.298 e. The van der Waals surface area contributed by atoms with Gasteiger partial charge in [0.25, 0.3) is 0 Å². The third-order valence-corrected chi connectivity index (χ3v) is 5.10. The van der Waals surface area contributed by atoms with E-state index in [4.69, 9.17) is 4.98 Å². The largest absolute Gasteiger partial charge is 0.298 e. The van der Waals surface area contributed by atoms with Crippen LogP contribution in [0.2, 0.25) is 0 Å². The molecular weight excluding hydrogens is 356 g/mol. The van der Waals surface area contributed by atoms with Crippen molar-refractivity contribution < 1.29 is 4.79 Å². The fourth-order valence-corrected chi connectivity index (χ4v) is 3.63. The van der Waals surface area contributed by atoms with Gasteiger partial charge >= 0.3 is 0 Å². The van der Waals surface area contributed by atoms with Crippen LogP contribution in [0.4, 0.5) is 0 Å². The molecule has 5 aromatic rings. The molecule has 3 heteroatoms. The van der Waals surface area contributed by atoms with Crippen molar-refractivity contribution in [2.45, 2.75) is 0 Å². The number of carbonyl (C=O) groups excluding carboxylic acids is 1. The van der Waals surface area contributed by atoms with Gasteiger partial charge in [-0.05, 0) is 35.4 Å². The van der Waals surface area contributed by atoms with Crippen LogP contribution in [0.3, 0.4) is 0 Å². The summed E-state index contributed by atoms with van der Waals surface area (Å²) < 4.78 is 2.20. The molecule has 0 aliphatic rings. The van der Waals surface area contributed by atoms with Gasteiger partial charge in [-0.3, -0.25) is 9.36 Å². The van der Waals surface area contributed by atoms with Crippen LogP contribution in [0.25, 0.3) is 39.2 Å². The minimum atomic E-state index is 0.683. The lowest BCUT2D eigenvalue weighted by molar-refractivity contribution is 0.112. The molecule has 29 heavy (non-hydrogen) atoms. The van der Waals surface area contributed by atoms with E-state index in [0.29, 0.717) is 5.56 Å². The smallest absolute Gasteiger partial charge is 0.150 e. The van der Waals surface area contributed by atoms with Crippen molar-refractivity contribution in [3.05, 3.63) is 109 Å².